The highest BCUT2D eigenvalue weighted by atomic mass is 16.5. The van der Waals surface area contributed by atoms with Gasteiger partial charge in [-0.3, -0.25) is 4.79 Å². The lowest BCUT2D eigenvalue weighted by Gasteiger charge is -2.50. The van der Waals surface area contributed by atoms with Crippen molar-refractivity contribution in [2.45, 2.75) is 18.4 Å². The largest absolute Gasteiger partial charge is 0.481 e. The van der Waals surface area contributed by atoms with Gasteiger partial charge in [0.1, 0.15) is 11.0 Å². The van der Waals surface area contributed by atoms with E-state index in [9.17, 15) is 15.0 Å². The molecule has 0 bridgehead atoms. The fourth-order valence-electron chi connectivity index (χ4n) is 2.30. The molecule has 2 aliphatic rings. The average molecular weight is 201 g/mol. The highest BCUT2D eigenvalue weighted by Crippen LogP contribution is 2.44. The molecule has 80 valence electrons. The molecule has 5 heteroatoms. The molecule has 0 aromatic carbocycles. The Hall–Kier alpha value is -0.650. The molecule has 2 aliphatic heterocycles. The van der Waals surface area contributed by atoms with Gasteiger partial charge in [0.25, 0.3) is 0 Å². The summed E-state index contributed by atoms with van der Waals surface area (Å²) in [5.74, 6) is -0.898. The van der Waals surface area contributed by atoms with Gasteiger partial charge < -0.3 is 20.3 Å². The number of piperidine rings is 1. The van der Waals surface area contributed by atoms with Crippen LogP contribution in [0.1, 0.15) is 12.8 Å². The molecule has 0 saturated carbocycles. The van der Waals surface area contributed by atoms with E-state index >= 15 is 0 Å². The summed E-state index contributed by atoms with van der Waals surface area (Å²) in [6.07, 6.45) is 0.949. The minimum absolute atomic E-state index is 0.152. The number of carboxylic acid groups (broad SMARTS) is 1. The number of aliphatic carboxylic acids is 1. The SMILES string of the molecule is O=C(O)C1(C2(O)COC2)CCNCC1. The van der Waals surface area contributed by atoms with Crippen LogP contribution in [0, 0.1) is 5.41 Å². The van der Waals surface area contributed by atoms with Crippen LogP contribution in [0.5, 0.6) is 0 Å². The molecule has 0 atom stereocenters. The van der Waals surface area contributed by atoms with Crippen molar-refractivity contribution in [1.29, 1.82) is 0 Å². The van der Waals surface area contributed by atoms with Crippen LogP contribution in [0.15, 0.2) is 0 Å². The standard InChI is InChI=1S/C9H15NO4/c11-7(12)8(1-3-10-4-2-8)9(13)5-14-6-9/h10,13H,1-6H2,(H,11,12). The molecule has 0 aromatic heterocycles. The van der Waals surface area contributed by atoms with Gasteiger partial charge in [-0.2, -0.15) is 0 Å². The smallest absolute Gasteiger partial charge is 0.312 e. The highest BCUT2D eigenvalue weighted by Gasteiger charge is 2.60. The van der Waals surface area contributed by atoms with Crippen LogP contribution in [-0.2, 0) is 9.53 Å². The van der Waals surface area contributed by atoms with E-state index in [1.54, 1.807) is 0 Å². The predicted molar refractivity (Wildman–Crippen MR) is 47.9 cm³/mol. The van der Waals surface area contributed by atoms with Crippen LogP contribution in [0.4, 0.5) is 0 Å². The summed E-state index contributed by atoms with van der Waals surface area (Å²) in [6.45, 7) is 1.60. The van der Waals surface area contributed by atoms with E-state index in [1.165, 1.54) is 0 Å². The fourth-order valence-corrected chi connectivity index (χ4v) is 2.30. The van der Waals surface area contributed by atoms with Crippen molar-refractivity contribution < 1.29 is 19.7 Å². The molecule has 0 aromatic rings. The van der Waals surface area contributed by atoms with Crippen LogP contribution < -0.4 is 5.32 Å². The second kappa shape index (κ2) is 3.18. The zero-order chi connectivity index (χ0) is 10.2. The van der Waals surface area contributed by atoms with E-state index in [1.807, 2.05) is 0 Å². The summed E-state index contributed by atoms with van der Waals surface area (Å²) in [6, 6.07) is 0. The third-order valence-electron chi connectivity index (χ3n) is 3.44. The van der Waals surface area contributed by atoms with Gasteiger partial charge in [-0.1, -0.05) is 0 Å². The Balaban J connectivity index is 2.24. The molecule has 0 radical (unpaired) electrons. The molecular weight excluding hydrogens is 186 g/mol. The Kier molecular flexibility index (Phi) is 2.25. The van der Waals surface area contributed by atoms with Gasteiger partial charge in [0.2, 0.25) is 0 Å². The number of hydrogen-bond acceptors (Lipinski definition) is 4. The quantitative estimate of drug-likeness (QED) is 0.545. The van der Waals surface area contributed by atoms with Gasteiger partial charge in [0.15, 0.2) is 0 Å². The molecular formula is C9H15NO4. The summed E-state index contributed by atoms with van der Waals surface area (Å²) in [4.78, 5) is 11.3. The Labute approximate surface area is 82.1 Å². The van der Waals surface area contributed by atoms with Gasteiger partial charge in [-0.15, -0.1) is 0 Å². The normalized spacial score (nSPS) is 29.2. The number of nitrogens with one attached hydrogen (secondary N) is 1. The monoisotopic (exact) mass is 201 g/mol. The Bertz CT molecular complexity index is 243. The molecule has 3 N–H and O–H groups in total. The number of aliphatic hydroxyl groups is 1. The Morgan fingerprint density at radius 3 is 2.21 bits per heavy atom. The fraction of sp³-hybridized carbons (Fsp3) is 0.889. The summed E-state index contributed by atoms with van der Waals surface area (Å²) < 4.78 is 4.93. The van der Waals surface area contributed by atoms with Gasteiger partial charge in [-0.25, -0.2) is 0 Å². The number of carbonyl (C=O) groups is 1. The molecule has 5 nitrogen and oxygen atoms in total. The second-order valence-corrected chi connectivity index (χ2v) is 4.16. The molecule has 2 saturated heterocycles. The first-order chi connectivity index (χ1) is 6.61. The van der Waals surface area contributed by atoms with Crippen molar-refractivity contribution in [3.8, 4) is 0 Å². The number of rotatable bonds is 2. The van der Waals surface area contributed by atoms with Gasteiger partial charge in [0.05, 0.1) is 13.2 Å². The number of ether oxygens (including phenoxy) is 1. The van der Waals surface area contributed by atoms with E-state index < -0.39 is 17.0 Å². The Morgan fingerprint density at radius 2 is 1.86 bits per heavy atom. The highest BCUT2D eigenvalue weighted by molar-refractivity contribution is 5.77. The van der Waals surface area contributed by atoms with E-state index in [4.69, 9.17) is 4.74 Å². The van der Waals surface area contributed by atoms with Gasteiger partial charge in [-0.05, 0) is 25.9 Å². The molecule has 0 aliphatic carbocycles. The third-order valence-corrected chi connectivity index (χ3v) is 3.44. The predicted octanol–water partition coefficient (Wildman–Crippen LogP) is -0.798. The summed E-state index contributed by atoms with van der Waals surface area (Å²) in [7, 11) is 0. The second-order valence-electron chi connectivity index (χ2n) is 4.16. The van der Waals surface area contributed by atoms with E-state index in [0.717, 1.165) is 0 Å². The zero-order valence-electron chi connectivity index (χ0n) is 7.95. The molecule has 0 unspecified atom stereocenters. The molecule has 0 spiro atoms. The van der Waals surface area contributed by atoms with Crippen LogP contribution in [0.3, 0.4) is 0 Å². The molecule has 14 heavy (non-hydrogen) atoms. The van der Waals surface area contributed by atoms with Crippen molar-refractivity contribution >= 4 is 5.97 Å². The van der Waals surface area contributed by atoms with E-state index in [0.29, 0.717) is 25.9 Å². The van der Waals surface area contributed by atoms with Crippen LogP contribution in [0.2, 0.25) is 0 Å². The first-order valence-electron chi connectivity index (χ1n) is 4.85. The minimum atomic E-state index is -1.15. The third kappa shape index (κ3) is 1.16. The number of carboxylic acids is 1. The zero-order valence-corrected chi connectivity index (χ0v) is 7.95. The number of hydrogen-bond donors (Lipinski definition) is 3. The maximum atomic E-state index is 11.3. The van der Waals surface area contributed by atoms with Crippen molar-refractivity contribution in [3.05, 3.63) is 0 Å². The average Bonchev–Trinajstić information content (AvgIpc) is 2.15. The molecule has 2 rings (SSSR count). The lowest BCUT2D eigenvalue weighted by Crippen LogP contribution is -2.67. The van der Waals surface area contributed by atoms with Gasteiger partial charge in [0, 0.05) is 0 Å². The summed E-state index contributed by atoms with van der Waals surface area (Å²) in [5, 5.41) is 22.5. The minimum Gasteiger partial charge on any atom is -0.481 e. The van der Waals surface area contributed by atoms with Crippen LogP contribution in [-0.4, -0.2) is 48.1 Å². The summed E-state index contributed by atoms with van der Waals surface area (Å²) >= 11 is 0. The molecule has 0 amide bonds. The lowest BCUT2D eigenvalue weighted by molar-refractivity contribution is -0.249. The first kappa shape index (κ1) is 9.89. The van der Waals surface area contributed by atoms with Crippen LogP contribution >= 0.6 is 0 Å². The van der Waals surface area contributed by atoms with Crippen molar-refractivity contribution in [1.82, 2.24) is 5.32 Å². The maximum Gasteiger partial charge on any atom is 0.312 e. The van der Waals surface area contributed by atoms with Crippen LogP contribution in [0.25, 0.3) is 0 Å². The summed E-state index contributed by atoms with van der Waals surface area (Å²) in [5.41, 5.74) is -2.16. The maximum absolute atomic E-state index is 11.3. The lowest BCUT2D eigenvalue weighted by atomic mass is 9.65. The first-order valence-corrected chi connectivity index (χ1v) is 4.85. The van der Waals surface area contributed by atoms with Crippen molar-refractivity contribution in [2.24, 2.45) is 5.41 Å². The molecule has 2 fully saturated rings. The molecule has 2 heterocycles. The van der Waals surface area contributed by atoms with Crippen molar-refractivity contribution in [3.63, 3.8) is 0 Å². The van der Waals surface area contributed by atoms with Gasteiger partial charge >= 0.3 is 5.97 Å². The Morgan fingerprint density at radius 1 is 1.29 bits per heavy atom. The topological polar surface area (TPSA) is 78.8 Å². The van der Waals surface area contributed by atoms with E-state index in [2.05, 4.69) is 5.32 Å². The van der Waals surface area contributed by atoms with Crippen molar-refractivity contribution in [2.75, 3.05) is 26.3 Å². The van der Waals surface area contributed by atoms with E-state index in [-0.39, 0.29) is 13.2 Å².